The van der Waals surface area contributed by atoms with E-state index in [4.69, 9.17) is 23.2 Å². The number of halogens is 2. The molecule has 3 rings (SSSR count). The van der Waals surface area contributed by atoms with E-state index in [-0.39, 0.29) is 5.15 Å². The van der Waals surface area contributed by atoms with Gasteiger partial charge in [0.05, 0.1) is 21.8 Å². The Morgan fingerprint density at radius 2 is 2.11 bits per heavy atom. The molecule has 0 bridgehead atoms. The van der Waals surface area contributed by atoms with Crippen LogP contribution < -0.4 is 0 Å². The number of hydrogen-bond acceptors (Lipinski definition) is 3. The van der Waals surface area contributed by atoms with Crippen molar-refractivity contribution in [3.63, 3.8) is 0 Å². The third-order valence-corrected chi connectivity index (χ3v) is 3.55. The summed E-state index contributed by atoms with van der Waals surface area (Å²) < 4.78 is 1.77. The van der Waals surface area contributed by atoms with Gasteiger partial charge in [0.1, 0.15) is 11.0 Å². The second-order valence-electron chi connectivity index (χ2n) is 4.23. The monoisotopic (exact) mass is 295 g/mol. The van der Waals surface area contributed by atoms with Crippen LogP contribution in [0.3, 0.4) is 0 Å². The van der Waals surface area contributed by atoms with E-state index >= 15 is 0 Å². The van der Waals surface area contributed by atoms with Gasteiger partial charge in [-0.25, -0.2) is 9.97 Å². The van der Waals surface area contributed by atoms with Gasteiger partial charge in [0.15, 0.2) is 5.65 Å². The number of nitrogens with zero attached hydrogens (tertiary/aromatic N) is 4. The lowest BCUT2D eigenvalue weighted by atomic mass is 10.2. The van der Waals surface area contributed by atoms with E-state index in [0.29, 0.717) is 10.7 Å². The van der Waals surface area contributed by atoms with E-state index in [2.05, 4.69) is 27.0 Å². The van der Waals surface area contributed by atoms with Gasteiger partial charge in [-0.2, -0.15) is 5.10 Å². The summed E-state index contributed by atoms with van der Waals surface area (Å²) in [5, 5.41) is 5.06. The van der Waals surface area contributed by atoms with E-state index in [0.717, 1.165) is 29.0 Å². The molecule has 0 atom stereocenters. The number of imidazole rings is 1. The molecule has 0 spiro atoms. The molecule has 0 aliphatic rings. The van der Waals surface area contributed by atoms with Gasteiger partial charge in [-0.1, -0.05) is 30.1 Å². The van der Waals surface area contributed by atoms with Crippen molar-refractivity contribution < 1.29 is 0 Å². The molecule has 0 fully saturated rings. The van der Waals surface area contributed by atoms with Gasteiger partial charge < -0.3 is 4.98 Å². The summed E-state index contributed by atoms with van der Waals surface area (Å²) in [5.41, 5.74) is 3.26. The van der Waals surface area contributed by atoms with Crippen LogP contribution in [0.25, 0.3) is 22.6 Å². The molecule has 7 heteroatoms. The third-order valence-electron chi connectivity index (χ3n) is 2.88. The normalized spacial score (nSPS) is 11.4. The van der Waals surface area contributed by atoms with E-state index in [9.17, 15) is 0 Å². The van der Waals surface area contributed by atoms with E-state index in [1.807, 2.05) is 13.2 Å². The number of nitrogens with one attached hydrogen (secondary N) is 1. The highest BCUT2D eigenvalue weighted by molar-refractivity contribution is 6.41. The second kappa shape index (κ2) is 4.51. The van der Waals surface area contributed by atoms with Crippen LogP contribution in [0.15, 0.2) is 12.3 Å². The first-order valence-corrected chi connectivity index (χ1v) is 6.58. The average molecular weight is 296 g/mol. The van der Waals surface area contributed by atoms with Gasteiger partial charge in [-0.3, -0.25) is 4.68 Å². The highest BCUT2D eigenvalue weighted by atomic mass is 35.5. The zero-order valence-corrected chi connectivity index (χ0v) is 11.9. The van der Waals surface area contributed by atoms with Crippen molar-refractivity contribution in [1.82, 2.24) is 24.7 Å². The van der Waals surface area contributed by atoms with Crippen molar-refractivity contribution in [3.05, 3.63) is 28.1 Å². The van der Waals surface area contributed by atoms with Gasteiger partial charge in [0.25, 0.3) is 0 Å². The lowest BCUT2D eigenvalue weighted by molar-refractivity contribution is 0.746. The summed E-state index contributed by atoms with van der Waals surface area (Å²) in [6.45, 7) is 2.06. The molecule has 0 saturated carbocycles. The number of fused-ring (bicyclic) bond motifs is 1. The first kappa shape index (κ1) is 12.4. The quantitative estimate of drug-likeness (QED) is 0.739. The van der Waals surface area contributed by atoms with Crippen LogP contribution in [0.4, 0.5) is 0 Å². The Hall–Kier alpha value is -1.59. The highest BCUT2D eigenvalue weighted by Crippen LogP contribution is 2.27. The summed E-state index contributed by atoms with van der Waals surface area (Å²) >= 11 is 11.8. The highest BCUT2D eigenvalue weighted by Gasteiger charge is 2.14. The molecule has 0 unspecified atom stereocenters. The molecule has 0 saturated heterocycles. The van der Waals surface area contributed by atoms with Crippen LogP contribution in [0.2, 0.25) is 10.2 Å². The lowest BCUT2D eigenvalue weighted by Crippen LogP contribution is -1.89. The van der Waals surface area contributed by atoms with E-state index < -0.39 is 0 Å². The summed E-state index contributed by atoms with van der Waals surface area (Å²) in [5.74, 6) is 0.728. The molecule has 1 N–H and O–H groups in total. The van der Waals surface area contributed by atoms with Crippen LogP contribution in [-0.4, -0.2) is 24.7 Å². The zero-order valence-electron chi connectivity index (χ0n) is 10.4. The molecule has 3 aromatic heterocycles. The summed E-state index contributed by atoms with van der Waals surface area (Å²) in [7, 11) is 1.89. The number of aromatic nitrogens is 5. The van der Waals surface area contributed by atoms with Crippen molar-refractivity contribution in [3.8, 4) is 11.4 Å². The number of H-pyrrole nitrogens is 1. The summed E-state index contributed by atoms with van der Waals surface area (Å²) in [6, 6.07) is 1.73. The molecule has 5 nitrogen and oxygen atoms in total. The van der Waals surface area contributed by atoms with Gasteiger partial charge in [-0.15, -0.1) is 0 Å². The first-order valence-electron chi connectivity index (χ1n) is 5.83. The standard InChI is InChI=1S/C12H11Cl2N5/c1-3-8-6(5-19(2)18-8)11-15-9-4-7(13)10(14)16-12(9)17-11/h4-5H,3H2,1-2H3,(H,15,16,17). The Balaban J connectivity index is 2.20. The Bertz CT molecular complexity index is 720. The van der Waals surface area contributed by atoms with Crippen molar-refractivity contribution in [1.29, 1.82) is 0 Å². The maximum Gasteiger partial charge on any atom is 0.179 e. The number of rotatable bonds is 2. The third kappa shape index (κ3) is 2.09. The molecular weight excluding hydrogens is 285 g/mol. The second-order valence-corrected chi connectivity index (χ2v) is 5.00. The van der Waals surface area contributed by atoms with E-state index in [1.165, 1.54) is 0 Å². The fourth-order valence-electron chi connectivity index (χ4n) is 2.02. The van der Waals surface area contributed by atoms with Crippen LogP contribution in [0, 0.1) is 0 Å². The molecule has 98 valence electrons. The molecule has 0 amide bonds. The molecule has 0 aliphatic heterocycles. The molecule has 3 aromatic rings. The topological polar surface area (TPSA) is 59.4 Å². The Morgan fingerprint density at radius 3 is 2.84 bits per heavy atom. The van der Waals surface area contributed by atoms with Gasteiger partial charge in [-0.05, 0) is 12.5 Å². The zero-order chi connectivity index (χ0) is 13.6. The van der Waals surface area contributed by atoms with Crippen molar-refractivity contribution in [2.75, 3.05) is 0 Å². The first-order chi connectivity index (χ1) is 9.08. The van der Waals surface area contributed by atoms with Gasteiger partial charge in [0, 0.05) is 13.2 Å². The number of pyridine rings is 1. The van der Waals surface area contributed by atoms with Crippen LogP contribution >= 0.6 is 23.2 Å². The Kier molecular flexibility index (Phi) is 2.95. The largest absolute Gasteiger partial charge is 0.336 e. The fraction of sp³-hybridized carbons (Fsp3) is 0.250. The minimum Gasteiger partial charge on any atom is -0.336 e. The predicted molar refractivity (Wildman–Crippen MR) is 75.5 cm³/mol. The number of aryl methyl sites for hydroxylation is 2. The summed E-state index contributed by atoms with van der Waals surface area (Å²) in [4.78, 5) is 11.8. The minimum atomic E-state index is 0.258. The molecule has 0 radical (unpaired) electrons. The number of hydrogen-bond donors (Lipinski definition) is 1. The molecular formula is C12H11Cl2N5. The van der Waals surface area contributed by atoms with Crippen molar-refractivity contribution >= 4 is 34.4 Å². The Labute approximate surface area is 119 Å². The fourth-order valence-corrected chi connectivity index (χ4v) is 2.30. The van der Waals surface area contributed by atoms with Crippen molar-refractivity contribution in [2.45, 2.75) is 13.3 Å². The SMILES string of the molecule is CCc1nn(C)cc1-c1nc2nc(Cl)c(Cl)cc2[nH]1. The maximum atomic E-state index is 5.95. The predicted octanol–water partition coefficient (Wildman–Crippen LogP) is 3.23. The van der Waals surface area contributed by atoms with E-state index in [1.54, 1.807) is 10.7 Å². The average Bonchev–Trinajstić information content (AvgIpc) is 2.93. The van der Waals surface area contributed by atoms with Crippen molar-refractivity contribution in [2.24, 2.45) is 7.05 Å². The minimum absolute atomic E-state index is 0.258. The molecule has 19 heavy (non-hydrogen) atoms. The lowest BCUT2D eigenvalue weighted by Gasteiger charge is -1.93. The van der Waals surface area contributed by atoms with Gasteiger partial charge in [0.2, 0.25) is 0 Å². The van der Waals surface area contributed by atoms with Crippen LogP contribution in [0.5, 0.6) is 0 Å². The molecule has 0 aliphatic carbocycles. The smallest absolute Gasteiger partial charge is 0.179 e. The molecule has 3 heterocycles. The maximum absolute atomic E-state index is 5.95. The number of aromatic amines is 1. The summed E-state index contributed by atoms with van der Waals surface area (Å²) in [6.07, 6.45) is 2.77. The van der Waals surface area contributed by atoms with Crippen LogP contribution in [-0.2, 0) is 13.5 Å². The van der Waals surface area contributed by atoms with Gasteiger partial charge >= 0.3 is 0 Å². The Morgan fingerprint density at radius 1 is 1.32 bits per heavy atom. The molecule has 0 aromatic carbocycles. The van der Waals surface area contributed by atoms with Crippen LogP contribution in [0.1, 0.15) is 12.6 Å².